The average Bonchev–Trinajstić information content (AvgIpc) is 2.67. The average molecular weight is 381 g/mol. The summed E-state index contributed by atoms with van der Waals surface area (Å²) >= 11 is 6.21. The van der Waals surface area contributed by atoms with Gasteiger partial charge in [-0.1, -0.05) is 17.7 Å². The monoisotopic (exact) mass is 380 g/mol. The molecule has 0 atom stereocenters. The second kappa shape index (κ2) is 7.13. The van der Waals surface area contributed by atoms with Gasteiger partial charge in [-0.05, 0) is 48.9 Å². The zero-order valence-corrected chi connectivity index (χ0v) is 15.0. The van der Waals surface area contributed by atoms with Crippen LogP contribution in [0.15, 0.2) is 54.9 Å². The number of nitrogens with one attached hydrogen (secondary N) is 2. The van der Waals surface area contributed by atoms with Gasteiger partial charge < -0.3 is 10.6 Å². The van der Waals surface area contributed by atoms with E-state index in [1.54, 1.807) is 24.5 Å². The van der Waals surface area contributed by atoms with Gasteiger partial charge in [0.15, 0.2) is 17.0 Å². The zero-order valence-electron chi connectivity index (χ0n) is 14.2. The van der Waals surface area contributed by atoms with Crippen molar-refractivity contribution < 1.29 is 4.39 Å². The maximum atomic E-state index is 13.1. The van der Waals surface area contributed by atoms with Gasteiger partial charge in [-0.3, -0.25) is 0 Å². The van der Waals surface area contributed by atoms with Crippen LogP contribution in [0.5, 0.6) is 0 Å². The van der Waals surface area contributed by atoms with Crippen LogP contribution < -0.4 is 10.6 Å². The van der Waals surface area contributed by atoms with Crippen LogP contribution in [-0.2, 0) is 0 Å². The van der Waals surface area contributed by atoms with Crippen molar-refractivity contribution >= 4 is 45.9 Å². The number of hydrogen-bond acceptors (Lipinski definition) is 6. The Morgan fingerprint density at radius 1 is 0.889 bits per heavy atom. The van der Waals surface area contributed by atoms with Crippen LogP contribution in [0.4, 0.5) is 27.5 Å². The summed E-state index contributed by atoms with van der Waals surface area (Å²) < 4.78 is 13.1. The van der Waals surface area contributed by atoms with Gasteiger partial charge in [-0.25, -0.2) is 14.4 Å². The third-order valence-electron chi connectivity index (χ3n) is 3.87. The Morgan fingerprint density at radius 3 is 2.41 bits per heavy atom. The van der Waals surface area contributed by atoms with E-state index >= 15 is 0 Å². The quantitative estimate of drug-likeness (QED) is 0.518. The van der Waals surface area contributed by atoms with Gasteiger partial charge in [0.05, 0.1) is 0 Å². The van der Waals surface area contributed by atoms with Crippen LogP contribution >= 0.6 is 11.6 Å². The van der Waals surface area contributed by atoms with Gasteiger partial charge in [0.25, 0.3) is 0 Å². The van der Waals surface area contributed by atoms with Crippen molar-refractivity contribution in [3.05, 3.63) is 71.3 Å². The van der Waals surface area contributed by atoms with Crippen molar-refractivity contribution in [1.82, 2.24) is 19.9 Å². The fourth-order valence-electron chi connectivity index (χ4n) is 2.48. The lowest BCUT2D eigenvalue weighted by Crippen LogP contribution is -2.04. The molecule has 0 amide bonds. The van der Waals surface area contributed by atoms with Gasteiger partial charge in [0.1, 0.15) is 5.82 Å². The Labute approximate surface area is 159 Å². The summed E-state index contributed by atoms with van der Waals surface area (Å²) in [4.78, 5) is 17.4. The Hall–Kier alpha value is -3.32. The molecule has 0 aliphatic heterocycles. The molecule has 0 fully saturated rings. The van der Waals surface area contributed by atoms with Crippen molar-refractivity contribution in [3.8, 4) is 0 Å². The van der Waals surface area contributed by atoms with E-state index < -0.39 is 0 Å². The molecule has 2 aromatic heterocycles. The predicted octanol–water partition coefficient (Wildman–Crippen LogP) is 5.01. The SMILES string of the molecule is Cc1ccc(Nc2nc(Nc3ccc(F)cc3)nc3nccnc23)cc1Cl. The molecule has 0 spiro atoms. The van der Waals surface area contributed by atoms with E-state index in [9.17, 15) is 4.39 Å². The third kappa shape index (κ3) is 3.78. The molecule has 8 heteroatoms. The molecule has 0 saturated carbocycles. The molecule has 4 aromatic rings. The van der Waals surface area contributed by atoms with E-state index in [1.807, 2.05) is 25.1 Å². The number of hydrogen-bond donors (Lipinski definition) is 2. The lowest BCUT2D eigenvalue weighted by molar-refractivity contribution is 0.628. The molecular formula is C19H14ClFN6. The van der Waals surface area contributed by atoms with E-state index in [4.69, 9.17) is 11.6 Å². The number of aromatic nitrogens is 4. The van der Waals surface area contributed by atoms with Crippen LogP contribution in [0.1, 0.15) is 5.56 Å². The zero-order chi connectivity index (χ0) is 18.8. The highest BCUT2D eigenvalue weighted by Crippen LogP contribution is 2.26. The van der Waals surface area contributed by atoms with Crippen molar-refractivity contribution in [2.75, 3.05) is 10.6 Å². The largest absolute Gasteiger partial charge is 0.338 e. The normalized spacial score (nSPS) is 10.8. The second-order valence-electron chi connectivity index (χ2n) is 5.85. The number of fused-ring (bicyclic) bond motifs is 1. The van der Waals surface area contributed by atoms with Crippen LogP contribution in [0.3, 0.4) is 0 Å². The summed E-state index contributed by atoms with van der Waals surface area (Å²) in [7, 11) is 0. The molecule has 0 bridgehead atoms. The minimum absolute atomic E-state index is 0.315. The summed E-state index contributed by atoms with van der Waals surface area (Å²) in [6.07, 6.45) is 3.13. The molecule has 0 aliphatic rings. The van der Waals surface area contributed by atoms with Crippen LogP contribution in [-0.4, -0.2) is 19.9 Å². The molecule has 2 aromatic carbocycles. The number of benzene rings is 2. The molecule has 0 aliphatic carbocycles. The maximum absolute atomic E-state index is 13.1. The molecule has 2 heterocycles. The highest BCUT2D eigenvalue weighted by molar-refractivity contribution is 6.31. The Morgan fingerprint density at radius 2 is 1.63 bits per heavy atom. The summed E-state index contributed by atoms with van der Waals surface area (Å²) in [5.74, 6) is 0.484. The van der Waals surface area contributed by atoms with Gasteiger partial charge in [0, 0.05) is 28.8 Å². The van der Waals surface area contributed by atoms with Crippen molar-refractivity contribution in [2.24, 2.45) is 0 Å². The molecule has 0 saturated heterocycles. The molecule has 6 nitrogen and oxygen atoms in total. The third-order valence-corrected chi connectivity index (χ3v) is 4.27. The number of halogens is 2. The molecular weight excluding hydrogens is 367 g/mol. The predicted molar refractivity (Wildman–Crippen MR) is 104 cm³/mol. The number of aryl methyl sites for hydroxylation is 1. The number of nitrogens with zero attached hydrogens (tertiary/aromatic N) is 4. The van der Waals surface area contributed by atoms with Gasteiger partial charge in [-0.2, -0.15) is 9.97 Å². The topological polar surface area (TPSA) is 75.6 Å². The molecule has 27 heavy (non-hydrogen) atoms. The fourth-order valence-corrected chi connectivity index (χ4v) is 2.66. The maximum Gasteiger partial charge on any atom is 0.231 e. The molecule has 0 unspecified atom stereocenters. The summed E-state index contributed by atoms with van der Waals surface area (Å²) in [5.41, 5.74) is 3.36. The molecule has 134 valence electrons. The van der Waals surface area contributed by atoms with E-state index in [0.717, 1.165) is 11.3 Å². The van der Waals surface area contributed by atoms with Crippen LogP contribution in [0.2, 0.25) is 5.02 Å². The minimum Gasteiger partial charge on any atom is -0.338 e. The lowest BCUT2D eigenvalue weighted by Gasteiger charge is -2.11. The first-order valence-corrected chi connectivity index (χ1v) is 8.51. The summed E-state index contributed by atoms with van der Waals surface area (Å²) in [6, 6.07) is 11.6. The molecule has 0 radical (unpaired) electrons. The highest BCUT2D eigenvalue weighted by atomic mass is 35.5. The summed E-state index contributed by atoms with van der Waals surface area (Å²) in [5, 5.41) is 6.91. The highest BCUT2D eigenvalue weighted by Gasteiger charge is 2.11. The van der Waals surface area contributed by atoms with E-state index in [-0.39, 0.29) is 5.82 Å². The van der Waals surface area contributed by atoms with E-state index in [1.165, 1.54) is 12.1 Å². The Bertz CT molecular complexity index is 1120. The first kappa shape index (κ1) is 17.1. The van der Waals surface area contributed by atoms with Gasteiger partial charge in [0.2, 0.25) is 5.95 Å². The van der Waals surface area contributed by atoms with Gasteiger partial charge >= 0.3 is 0 Å². The van der Waals surface area contributed by atoms with Gasteiger partial charge in [-0.15, -0.1) is 0 Å². The Kier molecular flexibility index (Phi) is 4.52. The van der Waals surface area contributed by atoms with Crippen molar-refractivity contribution in [3.63, 3.8) is 0 Å². The fraction of sp³-hybridized carbons (Fsp3) is 0.0526. The second-order valence-corrected chi connectivity index (χ2v) is 6.25. The molecule has 4 rings (SSSR count). The van der Waals surface area contributed by atoms with Crippen molar-refractivity contribution in [2.45, 2.75) is 6.92 Å². The lowest BCUT2D eigenvalue weighted by atomic mass is 10.2. The van der Waals surface area contributed by atoms with E-state index in [0.29, 0.717) is 33.6 Å². The first-order valence-electron chi connectivity index (χ1n) is 8.13. The minimum atomic E-state index is -0.315. The van der Waals surface area contributed by atoms with Crippen molar-refractivity contribution in [1.29, 1.82) is 0 Å². The number of rotatable bonds is 4. The van der Waals surface area contributed by atoms with Crippen LogP contribution in [0, 0.1) is 12.7 Å². The smallest absolute Gasteiger partial charge is 0.231 e. The summed E-state index contributed by atoms with van der Waals surface area (Å²) in [6.45, 7) is 1.93. The Balaban J connectivity index is 1.73. The number of anilines is 4. The van der Waals surface area contributed by atoms with Crippen LogP contribution in [0.25, 0.3) is 11.2 Å². The standard InChI is InChI=1S/C19H14ClFN6/c1-11-2-5-14(10-15(11)20)24-18-16-17(23-9-8-22-16)26-19(27-18)25-13-6-3-12(21)4-7-13/h2-10H,1H3,(H2,23,24,25,26,27). The first-order chi connectivity index (χ1) is 13.1. The molecule has 2 N–H and O–H groups in total. The van der Waals surface area contributed by atoms with E-state index in [2.05, 4.69) is 30.6 Å².